The molecule has 0 spiro atoms. The minimum Gasteiger partial charge on any atom is -0.458 e. The first-order valence-electron chi connectivity index (χ1n) is 10.7. The summed E-state index contributed by atoms with van der Waals surface area (Å²) >= 11 is 0. The van der Waals surface area contributed by atoms with Crippen LogP contribution in [-0.4, -0.2) is 23.6 Å². The Hall–Kier alpha value is -2.23. The van der Waals surface area contributed by atoms with Crippen LogP contribution in [0.15, 0.2) is 48.1 Å². The van der Waals surface area contributed by atoms with Gasteiger partial charge in [-0.3, -0.25) is 14.4 Å². The van der Waals surface area contributed by atoms with E-state index in [-0.39, 0.29) is 41.7 Å². The first kappa shape index (κ1) is 21.5. The van der Waals surface area contributed by atoms with Crippen molar-refractivity contribution in [3.8, 4) is 0 Å². The SMILES string of the molecule is CC1=CC[C@@H]2[C@H]3C(=O)CC(=O)[C@@H](C)C(=O)O[C@H](C)/C=C/C=C\[C@@H](C)[C@H]3C=C[C@H]2C1. The molecule has 4 nitrogen and oxygen atoms in total. The summed E-state index contributed by atoms with van der Waals surface area (Å²) in [4.78, 5) is 38.3. The van der Waals surface area contributed by atoms with E-state index in [0.29, 0.717) is 5.92 Å². The van der Waals surface area contributed by atoms with Crippen molar-refractivity contribution in [1.29, 1.82) is 0 Å². The van der Waals surface area contributed by atoms with Gasteiger partial charge in [-0.2, -0.15) is 0 Å². The fourth-order valence-electron chi connectivity index (χ4n) is 4.86. The van der Waals surface area contributed by atoms with E-state index < -0.39 is 18.0 Å². The van der Waals surface area contributed by atoms with Crippen molar-refractivity contribution < 1.29 is 19.1 Å². The van der Waals surface area contributed by atoms with Gasteiger partial charge in [0.05, 0.1) is 6.42 Å². The number of esters is 1. The number of fused-ring (bicyclic) bond motifs is 3. The van der Waals surface area contributed by atoms with Gasteiger partial charge in [0.15, 0.2) is 5.78 Å². The second-order valence-corrected chi connectivity index (χ2v) is 8.91. The topological polar surface area (TPSA) is 60.4 Å². The molecular weight excluding hydrogens is 364 g/mol. The quantitative estimate of drug-likeness (QED) is 0.341. The van der Waals surface area contributed by atoms with Crippen LogP contribution in [0.3, 0.4) is 0 Å². The number of rotatable bonds is 0. The van der Waals surface area contributed by atoms with Crippen LogP contribution in [0.2, 0.25) is 0 Å². The molecule has 0 unspecified atom stereocenters. The third-order valence-corrected chi connectivity index (χ3v) is 6.68. The average Bonchev–Trinajstić information content (AvgIpc) is 2.68. The number of cyclic esters (lactones) is 1. The van der Waals surface area contributed by atoms with Crippen molar-refractivity contribution in [2.75, 3.05) is 0 Å². The summed E-state index contributed by atoms with van der Waals surface area (Å²) in [5, 5.41) is 0. The van der Waals surface area contributed by atoms with Crippen molar-refractivity contribution in [2.45, 2.75) is 53.1 Å². The molecular formula is C25H32O4. The molecule has 29 heavy (non-hydrogen) atoms. The number of ketones is 2. The summed E-state index contributed by atoms with van der Waals surface area (Å²) in [7, 11) is 0. The maximum Gasteiger partial charge on any atom is 0.316 e. The van der Waals surface area contributed by atoms with E-state index in [2.05, 4.69) is 38.2 Å². The second-order valence-electron chi connectivity index (χ2n) is 8.91. The van der Waals surface area contributed by atoms with Crippen LogP contribution in [0.5, 0.6) is 0 Å². The van der Waals surface area contributed by atoms with Crippen LogP contribution < -0.4 is 0 Å². The monoisotopic (exact) mass is 396 g/mol. The van der Waals surface area contributed by atoms with E-state index in [1.54, 1.807) is 13.0 Å². The Bertz CT molecular complexity index is 785. The number of carbonyl (C=O) groups is 3. The van der Waals surface area contributed by atoms with Crippen molar-refractivity contribution in [3.05, 3.63) is 48.1 Å². The Labute approximate surface area is 173 Å². The van der Waals surface area contributed by atoms with Gasteiger partial charge in [0.2, 0.25) is 0 Å². The molecule has 3 aliphatic rings. The molecule has 1 heterocycles. The molecule has 1 aliphatic heterocycles. The fraction of sp³-hybridized carbons (Fsp3) is 0.560. The molecule has 2 aliphatic carbocycles. The zero-order valence-corrected chi connectivity index (χ0v) is 17.8. The van der Waals surface area contributed by atoms with Crippen LogP contribution in [0.1, 0.15) is 47.0 Å². The number of allylic oxidation sites excluding steroid dienone is 7. The van der Waals surface area contributed by atoms with Gasteiger partial charge in [0.1, 0.15) is 17.8 Å². The minimum absolute atomic E-state index is 0.0344. The molecule has 4 heteroatoms. The summed E-state index contributed by atoms with van der Waals surface area (Å²) in [5.41, 5.74) is 1.36. The molecule has 0 aromatic heterocycles. The highest BCUT2D eigenvalue weighted by molar-refractivity contribution is 6.08. The normalized spacial score (nSPS) is 40.8. The van der Waals surface area contributed by atoms with E-state index in [9.17, 15) is 14.4 Å². The smallest absolute Gasteiger partial charge is 0.316 e. The third kappa shape index (κ3) is 4.85. The van der Waals surface area contributed by atoms with Gasteiger partial charge in [-0.25, -0.2) is 0 Å². The number of hydrogen-bond donors (Lipinski definition) is 0. The molecule has 0 bridgehead atoms. The summed E-state index contributed by atoms with van der Waals surface area (Å²) in [6.07, 6.45) is 15.7. The van der Waals surface area contributed by atoms with Gasteiger partial charge in [-0.15, -0.1) is 0 Å². The van der Waals surface area contributed by atoms with E-state index in [1.807, 2.05) is 12.2 Å². The van der Waals surface area contributed by atoms with Crippen molar-refractivity contribution in [1.82, 2.24) is 0 Å². The van der Waals surface area contributed by atoms with Gasteiger partial charge < -0.3 is 4.74 Å². The summed E-state index contributed by atoms with van der Waals surface area (Å²) in [5.74, 6) is -1.27. The molecule has 0 radical (unpaired) electrons. The zero-order valence-electron chi connectivity index (χ0n) is 17.8. The third-order valence-electron chi connectivity index (χ3n) is 6.68. The largest absolute Gasteiger partial charge is 0.458 e. The fourth-order valence-corrected chi connectivity index (χ4v) is 4.86. The first-order valence-corrected chi connectivity index (χ1v) is 10.7. The predicted molar refractivity (Wildman–Crippen MR) is 113 cm³/mol. The summed E-state index contributed by atoms with van der Waals surface area (Å²) in [6, 6.07) is 0. The Kier molecular flexibility index (Phi) is 6.71. The average molecular weight is 397 g/mol. The van der Waals surface area contributed by atoms with Crippen LogP contribution in [0.25, 0.3) is 0 Å². The highest BCUT2D eigenvalue weighted by Crippen LogP contribution is 2.45. The lowest BCUT2D eigenvalue weighted by Crippen LogP contribution is -2.41. The number of Topliss-reactive ketones (excluding diaryl/α,β-unsaturated/α-hetero) is 2. The molecule has 0 amide bonds. The molecule has 0 aromatic rings. The molecule has 7 atom stereocenters. The molecule has 3 rings (SSSR count). The van der Waals surface area contributed by atoms with Gasteiger partial charge >= 0.3 is 5.97 Å². The Morgan fingerprint density at radius 3 is 2.41 bits per heavy atom. The molecule has 156 valence electrons. The highest BCUT2D eigenvalue weighted by Gasteiger charge is 2.43. The highest BCUT2D eigenvalue weighted by atomic mass is 16.5. The van der Waals surface area contributed by atoms with E-state index in [4.69, 9.17) is 4.74 Å². The second kappa shape index (κ2) is 9.06. The Morgan fingerprint density at radius 2 is 1.66 bits per heavy atom. The number of hydrogen-bond acceptors (Lipinski definition) is 4. The predicted octanol–water partition coefficient (Wildman–Crippen LogP) is 4.62. The van der Waals surface area contributed by atoms with Crippen molar-refractivity contribution in [2.24, 2.45) is 35.5 Å². The lowest BCUT2D eigenvalue weighted by Gasteiger charge is -2.42. The maximum atomic E-state index is 13.4. The van der Waals surface area contributed by atoms with Crippen molar-refractivity contribution in [3.63, 3.8) is 0 Å². The van der Waals surface area contributed by atoms with Crippen molar-refractivity contribution >= 4 is 17.5 Å². The summed E-state index contributed by atoms with van der Waals surface area (Å²) in [6.45, 7) is 7.57. The van der Waals surface area contributed by atoms with Gasteiger partial charge in [-0.05, 0) is 63.4 Å². The minimum atomic E-state index is -0.924. The number of carbonyl (C=O) groups excluding carboxylic acids is 3. The lowest BCUT2D eigenvalue weighted by molar-refractivity contribution is -0.153. The molecule has 0 saturated carbocycles. The van der Waals surface area contributed by atoms with Gasteiger partial charge in [-0.1, -0.05) is 49.0 Å². The molecule has 0 aromatic carbocycles. The van der Waals surface area contributed by atoms with Crippen LogP contribution >= 0.6 is 0 Å². The van der Waals surface area contributed by atoms with Gasteiger partial charge in [0.25, 0.3) is 0 Å². The molecule has 0 saturated heterocycles. The lowest BCUT2D eigenvalue weighted by atomic mass is 9.61. The molecule has 0 fully saturated rings. The van der Waals surface area contributed by atoms with Crippen LogP contribution in [0, 0.1) is 35.5 Å². The Balaban J connectivity index is 1.96. The zero-order chi connectivity index (χ0) is 21.1. The number of ether oxygens (including phenoxy) is 1. The van der Waals surface area contributed by atoms with E-state index in [0.717, 1.165) is 12.8 Å². The van der Waals surface area contributed by atoms with Gasteiger partial charge in [0, 0.05) is 5.92 Å². The summed E-state index contributed by atoms with van der Waals surface area (Å²) < 4.78 is 5.33. The van der Waals surface area contributed by atoms with Crippen LogP contribution in [0.4, 0.5) is 0 Å². The Morgan fingerprint density at radius 1 is 0.931 bits per heavy atom. The first-order chi connectivity index (χ1) is 13.8. The van der Waals surface area contributed by atoms with E-state index in [1.165, 1.54) is 12.5 Å². The van der Waals surface area contributed by atoms with Crippen LogP contribution in [-0.2, 0) is 19.1 Å². The maximum absolute atomic E-state index is 13.4. The standard InChI is InChI=1S/C25H32O4/c1-15-9-11-21-19(13-15)10-12-20-16(2)7-5-6-8-17(3)29-25(28)18(4)22(26)14-23(27)24(20)21/h5-10,12,16-21,24H,11,13-14H2,1-4H3/b7-5-,8-6+/t16-,17-,18-,19+,20-,21+,24+/m1/s1. The molecule has 0 N–H and O–H groups in total. The van der Waals surface area contributed by atoms with E-state index >= 15 is 0 Å².